The van der Waals surface area contributed by atoms with E-state index in [-0.39, 0.29) is 0 Å². The molecule has 14 heavy (non-hydrogen) atoms. The number of nitrogens with zero attached hydrogens (tertiary/aromatic N) is 1. The first-order chi connectivity index (χ1) is 6.65. The second-order valence-electron chi connectivity index (χ2n) is 2.47. The Morgan fingerprint density at radius 3 is 2.79 bits per heavy atom. The van der Waals surface area contributed by atoms with Crippen LogP contribution in [0.25, 0.3) is 0 Å². The van der Waals surface area contributed by atoms with E-state index in [0.717, 1.165) is 5.56 Å². The summed E-state index contributed by atoms with van der Waals surface area (Å²) in [5.41, 5.74) is 6.33. The summed E-state index contributed by atoms with van der Waals surface area (Å²) in [6, 6.07) is 5.45. The van der Waals surface area contributed by atoms with Gasteiger partial charge in [0.1, 0.15) is 0 Å². The van der Waals surface area contributed by atoms with Crippen molar-refractivity contribution in [1.29, 1.82) is 0 Å². The molecule has 0 spiro atoms. The summed E-state index contributed by atoms with van der Waals surface area (Å²) in [5, 5.41) is 4.74. The molecular formula is C8H9Cl2N3S. The highest BCUT2D eigenvalue weighted by molar-refractivity contribution is 8.13. The lowest BCUT2D eigenvalue weighted by atomic mass is 10.2. The molecule has 0 aromatic heterocycles. The minimum atomic E-state index is 0.320. The quantitative estimate of drug-likeness (QED) is 0.366. The molecule has 4 N–H and O–H groups in total. The maximum atomic E-state index is 5.96. The van der Waals surface area contributed by atoms with Gasteiger partial charge >= 0.3 is 0 Å². The molecule has 3 nitrogen and oxygen atoms in total. The van der Waals surface area contributed by atoms with Crippen molar-refractivity contribution in [2.75, 3.05) is 0 Å². The molecule has 1 rings (SSSR count). The third-order valence-electron chi connectivity index (χ3n) is 1.53. The van der Waals surface area contributed by atoms with Crippen LogP contribution in [0.3, 0.4) is 0 Å². The normalized spacial score (nSPS) is 11.7. The molecule has 0 unspecified atom stereocenters. The first-order valence-corrected chi connectivity index (χ1v) is 5.48. The summed E-state index contributed by atoms with van der Waals surface area (Å²) in [5.74, 6) is 5.59. The molecule has 0 saturated heterocycles. The fourth-order valence-corrected chi connectivity index (χ4v) is 1.93. The number of rotatable bonds is 2. The minimum absolute atomic E-state index is 0.320. The van der Waals surface area contributed by atoms with E-state index < -0.39 is 0 Å². The van der Waals surface area contributed by atoms with E-state index in [1.807, 2.05) is 12.1 Å². The number of hydrogen-bond acceptors (Lipinski definition) is 3. The van der Waals surface area contributed by atoms with Gasteiger partial charge in [-0.15, -0.1) is 0 Å². The van der Waals surface area contributed by atoms with Gasteiger partial charge in [-0.3, -0.25) is 0 Å². The predicted octanol–water partition coefficient (Wildman–Crippen LogP) is 2.42. The highest BCUT2D eigenvalue weighted by Crippen LogP contribution is 2.28. The molecule has 0 amide bonds. The molecule has 0 aliphatic heterocycles. The van der Waals surface area contributed by atoms with Crippen LogP contribution in [0.1, 0.15) is 5.56 Å². The summed E-state index contributed by atoms with van der Waals surface area (Å²) in [4.78, 5) is 0. The summed E-state index contributed by atoms with van der Waals surface area (Å²) in [6.45, 7) is 0. The highest BCUT2D eigenvalue weighted by Gasteiger charge is 2.04. The van der Waals surface area contributed by atoms with Gasteiger partial charge in [0.05, 0.1) is 10.0 Å². The van der Waals surface area contributed by atoms with Gasteiger partial charge in [-0.1, -0.05) is 47.1 Å². The number of amidine groups is 1. The van der Waals surface area contributed by atoms with Gasteiger partial charge < -0.3 is 11.6 Å². The average Bonchev–Trinajstić information content (AvgIpc) is 2.20. The molecule has 6 heteroatoms. The Bertz CT molecular complexity index is 354. The Hall–Kier alpha value is -0.580. The minimum Gasteiger partial charge on any atom is -0.377 e. The highest BCUT2D eigenvalue weighted by atomic mass is 35.5. The molecular weight excluding hydrogens is 241 g/mol. The van der Waals surface area contributed by atoms with Crippen LogP contribution in [0.4, 0.5) is 0 Å². The van der Waals surface area contributed by atoms with Crippen molar-refractivity contribution >= 4 is 40.1 Å². The van der Waals surface area contributed by atoms with E-state index in [2.05, 4.69) is 5.10 Å². The first kappa shape index (κ1) is 11.5. The molecule has 0 fully saturated rings. The number of hydrogen-bond donors (Lipinski definition) is 2. The predicted molar refractivity (Wildman–Crippen MR) is 63.6 cm³/mol. The zero-order valence-electron chi connectivity index (χ0n) is 7.21. The van der Waals surface area contributed by atoms with Crippen LogP contribution in [0, 0.1) is 0 Å². The first-order valence-electron chi connectivity index (χ1n) is 3.74. The van der Waals surface area contributed by atoms with Crippen LogP contribution < -0.4 is 11.6 Å². The molecule has 1 aromatic rings. The lowest BCUT2D eigenvalue weighted by molar-refractivity contribution is 1.25. The molecule has 76 valence electrons. The van der Waals surface area contributed by atoms with Crippen molar-refractivity contribution in [3.8, 4) is 0 Å². The summed E-state index contributed by atoms with van der Waals surface area (Å²) >= 11 is 13.1. The number of nitrogens with two attached hydrogens (primary N) is 2. The summed E-state index contributed by atoms with van der Waals surface area (Å²) in [7, 11) is 0. The van der Waals surface area contributed by atoms with Crippen molar-refractivity contribution in [1.82, 2.24) is 0 Å². The van der Waals surface area contributed by atoms with E-state index in [4.69, 9.17) is 34.8 Å². The molecule has 0 radical (unpaired) electrons. The Labute approximate surface area is 96.4 Å². The van der Waals surface area contributed by atoms with Gasteiger partial charge in [0.15, 0.2) is 5.17 Å². The molecule has 0 bridgehead atoms. The van der Waals surface area contributed by atoms with Gasteiger partial charge in [-0.05, 0) is 11.6 Å². The monoisotopic (exact) mass is 249 g/mol. The van der Waals surface area contributed by atoms with Gasteiger partial charge in [-0.25, -0.2) is 0 Å². The molecule has 0 atom stereocenters. The molecule has 0 aliphatic rings. The van der Waals surface area contributed by atoms with Gasteiger partial charge in [0.2, 0.25) is 0 Å². The molecule has 0 heterocycles. The third-order valence-corrected chi connectivity index (χ3v) is 3.25. The topological polar surface area (TPSA) is 64.4 Å². The molecule has 0 aliphatic carbocycles. The SMILES string of the molecule is N/N=C(/N)SCc1cccc(Cl)c1Cl. The fraction of sp³-hybridized carbons (Fsp3) is 0.125. The zero-order chi connectivity index (χ0) is 10.6. The molecule has 1 aromatic carbocycles. The number of benzene rings is 1. The lowest BCUT2D eigenvalue weighted by Crippen LogP contribution is -2.09. The third kappa shape index (κ3) is 2.97. The smallest absolute Gasteiger partial charge is 0.177 e. The fourth-order valence-electron chi connectivity index (χ4n) is 0.849. The van der Waals surface area contributed by atoms with E-state index >= 15 is 0 Å². The molecule has 0 saturated carbocycles. The van der Waals surface area contributed by atoms with Crippen LogP contribution in [0.2, 0.25) is 10.0 Å². The van der Waals surface area contributed by atoms with Crippen LogP contribution >= 0.6 is 35.0 Å². The Balaban J connectivity index is 2.73. The van der Waals surface area contributed by atoms with Crippen LogP contribution in [-0.4, -0.2) is 5.17 Å². The second-order valence-corrected chi connectivity index (χ2v) is 4.25. The van der Waals surface area contributed by atoms with E-state index in [9.17, 15) is 0 Å². The summed E-state index contributed by atoms with van der Waals surface area (Å²) in [6.07, 6.45) is 0. The van der Waals surface area contributed by atoms with Crippen molar-refractivity contribution in [3.63, 3.8) is 0 Å². The Kier molecular flexibility index (Phi) is 4.38. The van der Waals surface area contributed by atoms with Gasteiger partial charge in [0, 0.05) is 5.75 Å². The lowest BCUT2D eigenvalue weighted by Gasteiger charge is -2.04. The number of thioether (sulfide) groups is 1. The largest absolute Gasteiger partial charge is 0.377 e. The van der Waals surface area contributed by atoms with E-state index in [1.54, 1.807) is 6.07 Å². The van der Waals surface area contributed by atoms with Crippen LogP contribution in [0.15, 0.2) is 23.3 Å². The van der Waals surface area contributed by atoms with Gasteiger partial charge in [0.25, 0.3) is 0 Å². The Morgan fingerprint density at radius 2 is 2.14 bits per heavy atom. The number of halogens is 2. The van der Waals surface area contributed by atoms with E-state index in [1.165, 1.54) is 11.8 Å². The average molecular weight is 250 g/mol. The number of hydrazone groups is 1. The van der Waals surface area contributed by atoms with Crippen molar-refractivity contribution in [2.45, 2.75) is 5.75 Å². The van der Waals surface area contributed by atoms with E-state index in [0.29, 0.717) is 21.0 Å². The zero-order valence-corrected chi connectivity index (χ0v) is 9.53. The van der Waals surface area contributed by atoms with Gasteiger partial charge in [-0.2, -0.15) is 5.10 Å². The summed E-state index contributed by atoms with van der Waals surface area (Å²) < 4.78 is 0. The van der Waals surface area contributed by atoms with Crippen LogP contribution in [-0.2, 0) is 5.75 Å². The second kappa shape index (κ2) is 5.34. The van der Waals surface area contributed by atoms with Crippen molar-refractivity contribution < 1.29 is 0 Å². The maximum absolute atomic E-state index is 5.96. The maximum Gasteiger partial charge on any atom is 0.177 e. The van der Waals surface area contributed by atoms with Crippen molar-refractivity contribution in [2.24, 2.45) is 16.7 Å². The van der Waals surface area contributed by atoms with Crippen molar-refractivity contribution in [3.05, 3.63) is 33.8 Å². The Morgan fingerprint density at radius 1 is 1.43 bits per heavy atom. The standard InChI is InChI=1S/C8H9Cl2N3S/c9-6-3-1-2-5(7(6)10)4-14-8(11)13-12/h1-3H,4,12H2,(H2,11,13). The van der Waals surface area contributed by atoms with Crippen LogP contribution in [0.5, 0.6) is 0 Å².